The molecule has 5 nitrogen and oxygen atoms in total. The maximum Gasteiger partial charge on any atom is 0.219 e. The molecule has 0 aliphatic heterocycles. The lowest BCUT2D eigenvalue weighted by atomic mass is 9.98. The summed E-state index contributed by atoms with van der Waals surface area (Å²) in [4.78, 5) is 8.57. The number of aromatic nitrogens is 3. The van der Waals surface area contributed by atoms with Crippen molar-refractivity contribution in [3.63, 3.8) is 0 Å². The van der Waals surface area contributed by atoms with E-state index in [1.54, 1.807) is 30.6 Å². The fourth-order valence-corrected chi connectivity index (χ4v) is 3.59. The molecule has 0 bridgehead atoms. The van der Waals surface area contributed by atoms with Gasteiger partial charge in [0.1, 0.15) is 5.69 Å². The Morgan fingerprint density at radius 1 is 1.16 bits per heavy atom. The zero-order valence-electron chi connectivity index (χ0n) is 17.5. The van der Waals surface area contributed by atoms with Gasteiger partial charge in [0.2, 0.25) is 5.88 Å². The van der Waals surface area contributed by atoms with Gasteiger partial charge in [-0.15, -0.1) is 6.42 Å². The number of nitrogen functional groups attached to an aromatic ring is 1. The molecule has 0 aliphatic carbocycles. The molecule has 0 saturated carbocycles. The SMILES string of the molecule is C#Cc1cc(C)c(-c2c(-c3ccc(Oc4cccc(C)n4)c(F)c3)c(N)cn2C)cn1. The number of rotatable bonds is 4. The predicted molar refractivity (Wildman–Crippen MR) is 120 cm³/mol. The molecular weight excluding hydrogens is 391 g/mol. The second kappa shape index (κ2) is 7.96. The predicted octanol–water partition coefficient (Wildman–Crippen LogP) is 5.26. The summed E-state index contributed by atoms with van der Waals surface area (Å²) in [7, 11) is 1.89. The quantitative estimate of drug-likeness (QED) is 0.464. The van der Waals surface area contributed by atoms with E-state index in [4.69, 9.17) is 16.9 Å². The number of hydrogen-bond acceptors (Lipinski definition) is 4. The lowest BCUT2D eigenvalue weighted by Crippen LogP contribution is -1.97. The number of terminal acetylenes is 1. The Balaban J connectivity index is 1.77. The average molecular weight is 412 g/mol. The van der Waals surface area contributed by atoms with Crippen molar-refractivity contribution in [1.29, 1.82) is 0 Å². The van der Waals surface area contributed by atoms with Crippen LogP contribution in [0, 0.1) is 32.0 Å². The Labute approximate surface area is 180 Å². The number of benzene rings is 1. The van der Waals surface area contributed by atoms with Crippen LogP contribution in [-0.4, -0.2) is 14.5 Å². The molecule has 0 amide bonds. The zero-order valence-corrected chi connectivity index (χ0v) is 17.5. The summed E-state index contributed by atoms with van der Waals surface area (Å²) in [5.41, 5.74) is 12.2. The highest BCUT2D eigenvalue weighted by Crippen LogP contribution is 2.40. The zero-order chi connectivity index (χ0) is 22.1. The van der Waals surface area contributed by atoms with E-state index in [0.29, 0.717) is 22.8 Å². The van der Waals surface area contributed by atoms with Crippen LogP contribution in [0.3, 0.4) is 0 Å². The molecule has 4 rings (SSSR count). The van der Waals surface area contributed by atoms with E-state index in [1.165, 1.54) is 6.07 Å². The third-order valence-corrected chi connectivity index (χ3v) is 5.02. The van der Waals surface area contributed by atoms with Gasteiger partial charge in [0.05, 0.1) is 11.4 Å². The summed E-state index contributed by atoms with van der Waals surface area (Å²) >= 11 is 0. The lowest BCUT2D eigenvalue weighted by molar-refractivity contribution is 0.427. The van der Waals surface area contributed by atoms with Crippen molar-refractivity contribution in [3.05, 3.63) is 77.6 Å². The molecule has 4 aromatic rings. The maximum absolute atomic E-state index is 14.9. The molecule has 3 aromatic heterocycles. The first-order chi connectivity index (χ1) is 14.9. The number of halogens is 1. The highest BCUT2D eigenvalue weighted by atomic mass is 19.1. The van der Waals surface area contributed by atoms with Crippen LogP contribution in [0.2, 0.25) is 0 Å². The Kier molecular flexibility index (Phi) is 5.18. The minimum Gasteiger partial charge on any atom is -0.436 e. The van der Waals surface area contributed by atoms with Crippen LogP contribution in [0.1, 0.15) is 17.0 Å². The van der Waals surface area contributed by atoms with Crippen LogP contribution in [0.4, 0.5) is 10.1 Å². The lowest BCUT2D eigenvalue weighted by Gasteiger charge is -2.13. The fraction of sp³-hybridized carbons (Fsp3) is 0.120. The number of pyridine rings is 2. The van der Waals surface area contributed by atoms with E-state index in [-0.39, 0.29) is 5.75 Å². The van der Waals surface area contributed by atoms with Gasteiger partial charge < -0.3 is 15.0 Å². The molecule has 0 saturated heterocycles. The van der Waals surface area contributed by atoms with Crippen LogP contribution in [0.25, 0.3) is 22.4 Å². The van der Waals surface area contributed by atoms with Crippen molar-refractivity contribution in [2.45, 2.75) is 13.8 Å². The van der Waals surface area contributed by atoms with Crippen LogP contribution >= 0.6 is 0 Å². The van der Waals surface area contributed by atoms with Gasteiger partial charge in [0.25, 0.3) is 0 Å². The summed E-state index contributed by atoms with van der Waals surface area (Å²) in [6, 6.07) is 12.0. The molecule has 31 heavy (non-hydrogen) atoms. The third kappa shape index (κ3) is 3.86. The van der Waals surface area contributed by atoms with Crippen molar-refractivity contribution in [3.8, 4) is 46.4 Å². The molecule has 0 aliphatic rings. The summed E-state index contributed by atoms with van der Waals surface area (Å²) in [5.74, 6) is 2.46. The van der Waals surface area contributed by atoms with E-state index < -0.39 is 5.82 Å². The smallest absolute Gasteiger partial charge is 0.219 e. The van der Waals surface area contributed by atoms with E-state index in [9.17, 15) is 4.39 Å². The van der Waals surface area contributed by atoms with Crippen LogP contribution in [-0.2, 0) is 7.05 Å². The minimum atomic E-state index is -0.507. The third-order valence-electron chi connectivity index (χ3n) is 5.02. The standard InChI is InChI=1S/C25H21FN4O/c1-5-18-11-15(2)19(13-28-18)25-24(21(27)14-30(25)4)17-9-10-22(20(26)12-17)31-23-8-6-7-16(3)29-23/h1,6-14H,27H2,2-4H3. The normalized spacial score (nSPS) is 10.7. The first-order valence-electron chi connectivity index (χ1n) is 9.67. The van der Waals surface area contributed by atoms with Crippen LogP contribution in [0.15, 0.2) is 54.9 Å². The first-order valence-corrected chi connectivity index (χ1v) is 9.67. The van der Waals surface area contributed by atoms with Gasteiger partial charge >= 0.3 is 0 Å². The minimum absolute atomic E-state index is 0.0918. The summed E-state index contributed by atoms with van der Waals surface area (Å²) in [5, 5.41) is 0. The monoisotopic (exact) mass is 412 g/mol. The Morgan fingerprint density at radius 2 is 1.97 bits per heavy atom. The van der Waals surface area contributed by atoms with E-state index in [1.807, 2.05) is 43.7 Å². The molecule has 0 fully saturated rings. The van der Waals surface area contributed by atoms with Crippen LogP contribution in [0.5, 0.6) is 11.6 Å². The topological polar surface area (TPSA) is 66.0 Å². The highest BCUT2D eigenvalue weighted by Gasteiger charge is 2.19. The Morgan fingerprint density at radius 3 is 2.65 bits per heavy atom. The Hall–Kier alpha value is -4.11. The summed E-state index contributed by atoms with van der Waals surface area (Å²) < 4.78 is 22.5. The number of nitrogens with two attached hydrogens (primary N) is 1. The molecule has 2 N–H and O–H groups in total. The molecule has 0 atom stereocenters. The van der Waals surface area contributed by atoms with Crippen molar-refractivity contribution >= 4 is 5.69 Å². The molecule has 0 spiro atoms. The largest absolute Gasteiger partial charge is 0.436 e. The number of ether oxygens (including phenoxy) is 1. The van der Waals surface area contributed by atoms with Crippen molar-refractivity contribution in [2.24, 2.45) is 7.05 Å². The molecule has 154 valence electrons. The Bertz CT molecular complexity index is 1330. The molecule has 0 radical (unpaired) electrons. The van der Waals surface area contributed by atoms with E-state index >= 15 is 0 Å². The van der Waals surface area contributed by atoms with Crippen molar-refractivity contribution in [1.82, 2.24) is 14.5 Å². The summed E-state index contributed by atoms with van der Waals surface area (Å²) in [6.45, 7) is 3.80. The maximum atomic E-state index is 14.9. The number of hydrogen-bond donors (Lipinski definition) is 1. The fourth-order valence-electron chi connectivity index (χ4n) is 3.59. The average Bonchev–Trinajstić information content (AvgIpc) is 3.03. The number of aryl methyl sites for hydroxylation is 3. The highest BCUT2D eigenvalue weighted by molar-refractivity contribution is 5.91. The van der Waals surface area contributed by atoms with Gasteiger partial charge in [-0.1, -0.05) is 18.1 Å². The van der Waals surface area contributed by atoms with Gasteiger partial charge in [0.15, 0.2) is 11.6 Å². The molecule has 6 heteroatoms. The second-order valence-corrected chi connectivity index (χ2v) is 7.31. The van der Waals surface area contributed by atoms with Crippen molar-refractivity contribution in [2.75, 3.05) is 5.73 Å². The van der Waals surface area contributed by atoms with E-state index in [0.717, 1.165) is 28.1 Å². The van der Waals surface area contributed by atoms with Gasteiger partial charge in [-0.05, 0) is 49.2 Å². The van der Waals surface area contributed by atoms with E-state index in [2.05, 4.69) is 15.9 Å². The number of nitrogens with zero attached hydrogens (tertiary/aromatic N) is 3. The summed E-state index contributed by atoms with van der Waals surface area (Å²) in [6.07, 6.45) is 8.99. The molecule has 3 heterocycles. The van der Waals surface area contributed by atoms with Gasteiger partial charge in [-0.3, -0.25) is 0 Å². The molecule has 1 aromatic carbocycles. The number of anilines is 1. The van der Waals surface area contributed by atoms with Crippen molar-refractivity contribution < 1.29 is 9.13 Å². The van der Waals surface area contributed by atoms with Crippen LogP contribution < -0.4 is 10.5 Å². The van der Waals surface area contributed by atoms with Gasteiger partial charge in [-0.2, -0.15) is 0 Å². The second-order valence-electron chi connectivity index (χ2n) is 7.31. The molecular formula is C25H21FN4O. The first kappa shape index (κ1) is 20.2. The molecule has 0 unspecified atom stereocenters. The van der Waals surface area contributed by atoms with Gasteiger partial charge in [0, 0.05) is 42.3 Å². The van der Waals surface area contributed by atoms with Gasteiger partial charge in [-0.25, -0.2) is 14.4 Å².